The van der Waals surface area contributed by atoms with Crippen LogP contribution in [0, 0.1) is 22.7 Å². The van der Waals surface area contributed by atoms with Crippen molar-refractivity contribution in [3.05, 3.63) is 42.0 Å². The maximum Gasteiger partial charge on any atom is 0.213 e. The molecular weight excluding hydrogens is 375 g/mol. The van der Waals surface area contributed by atoms with Crippen LogP contribution in [0.3, 0.4) is 0 Å². The van der Waals surface area contributed by atoms with E-state index in [0.29, 0.717) is 18.1 Å². The standard InChI is InChI=1S/C26H39FN2O/c1-6-7-15-26(5,22(30)18-25(2,3)4)20-13-16-29(17-14-20)21-10-8-9-19-11-12-23(27)28-24(19)21/h6,11-12,20-21H,1,7-10,13-18H2,2-5H3. The van der Waals surface area contributed by atoms with Gasteiger partial charge in [0.2, 0.25) is 5.95 Å². The Kier molecular flexibility index (Phi) is 7.16. The molecule has 4 heteroatoms. The number of pyridine rings is 1. The monoisotopic (exact) mass is 414 g/mol. The molecule has 1 aliphatic heterocycles. The van der Waals surface area contributed by atoms with Gasteiger partial charge in [-0.1, -0.05) is 39.8 Å². The molecule has 1 aromatic heterocycles. The van der Waals surface area contributed by atoms with Gasteiger partial charge < -0.3 is 0 Å². The normalized spacial score (nSPS) is 22.9. The Hall–Kier alpha value is -1.55. The number of rotatable bonds is 7. The average Bonchev–Trinajstić information content (AvgIpc) is 2.70. The van der Waals surface area contributed by atoms with Gasteiger partial charge in [-0.2, -0.15) is 4.39 Å². The highest BCUT2D eigenvalue weighted by Crippen LogP contribution is 2.44. The van der Waals surface area contributed by atoms with Crippen LogP contribution < -0.4 is 0 Å². The summed E-state index contributed by atoms with van der Waals surface area (Å²) in [5.74, 6) is 0.425. The minimum Gasteiger partial charge on any atom is -0.299 e. The molecule has 0 N–H and O–H groups in total. The van der Waals surface area contributed by atoms with E-state index >= 15 is 0 Å². The van der Waals surface area contributed by atoms with E-state index in [0.717, 1.165) is 63.7 Å². The largest absolute Gasteiger partial charge is 0.299 e. The van der Waals surface area contributed by atoms with Gasteiger partial charge >= 0.3 is 0 Å². The Balaban J connectivity index is 1.72. The first kappa shape index (κ1) is 23.1. The number of carbonyl (C=O) groups is 1. The number of carbonyl (C=O) groups excluding carboxylic acids is 1. The van der Waals surface area contributed by atoms with Crippen LogP contribution in [-0.4, -0.2) is 28.8 Å². The van der Waals surface area contributed by atoms with Gasteiger partial charge in [0.15, 0.2) is 0 Å². The van der Waals surface area contributed by atoms with Crippen molar-refractivity contribution in [2.75, 3.05) is 13.1 Å². The van der Waals surface area contributed by atoms with E-state index in [4.69, 9.17) is 0 Å². The smallest absolute Gasteiger partial charge is 0.213 e. The van der Waals surface area contributed by atoms with Gasteiger partial charge in [0.25, 0.3) is 0 Å². The molecule has 1 aliphatic carbocycles. The van der Waals surface area contributed by atoms with Crippen molar-refractivity contribution < 1.29 is 9.18 Å². The Morgan fingerprint density at radius 3 is 2.57 bits per heavy atom. The molecule has 0 amide bonds. The SMILES string of the molecule is C=CCCC(C)(C(=O)CC(C)(C)C)C1CCN(C2CCCc3ccc(F)nc32)CC1. The quantitative estimate of drug-likeness (QED) is 0.388. The molecule has 3 nitrogen and oxygen atoms in total. The molecule has 1 aromatic rings. The van der Waals surface area contributed by atoms with Crippen molar-refractivity contribution in [2.45, 2.75) is 85.1 Å². The van der Waals surface area contributed by atoms with Crippen LogP contribution in [-0.2, 0) is 11.2 Å². The summed E-state index contributed by atoms with van der Waals surface area (Å²) < 4.78 is 13.8. The number of fused-ring (bicyclic) bond motifs is 1. The molecule has 0 bridgehead atoms. The number of hydrogen-bond acceptors (Lipinski definition) is 3. The predicted molar refractivity (Wildman–Crippen MR) is 121 cm³/mol. The lowest BCUT2D eigenvalue weighted by Gasteiger charge is -2.45. The van der Waals surface area contributed by atoms with E-state index in [2.05, 4.69) is 44.2 Å². The van der Waals surface area contributed by atoms with Crippen LogP contribution in [0.4, 0.5) is 4.39 Å². The topological polar surface area (TPSA) is 33.2 Å². The molecule has 166 valence electrons. The van der Waals surface area contributed by atoms with Crippen LogP contribution in [0.15, 0.2) is 24.8 Å². The number of nitrogens with zero attached hydrogens (tertiary/aromatic N) is 2. The molecule has 2 unspecified atom stereocenters. The zero-order valence-electron chi connectivity index (χ0n) is 19.3. The summed E-state index contributed by atoms with van der Waals surface area (Å²) in [6, 6.07) is 3.61. The summed E-state index contributed by atoms with van der Waals surface area (Å²) in [5, 5.41) is 0. The molecule has 0 radical (unpaired) electrons. The molecule has 0 aromatic carbocycles. The van der Waals surface area contributed by atoms with Crippen molar-refractivity contribution in [3.63, 3.8) is 0 Å². The van der Waals surface area contributed by atoms with Crippen LogP contribution in [0.2, 0.25) is 0 Å². The summed E-state index contributed by atoms with van der Waals surface area (Å²) in [6.45, 7) is 14.4. The first-order chi connectivity index (χ1) is 14.1. The van der Waals surface area contributed by atoms with E-state index in [1.807, 2.05) is 12.1 Å². The Morgan fingerprint density at radius 2 is 1.93 bits per heavy atom. The van der Waals surface area contributed by atoms with Crippen molar-refractivity contribution in [1.29, 1.82) is 0 Å². The third-order valence-electron chi connectivity index (χ3n) is 7.28. The second-order valence-corrected chi connectivity index (χ2v) is 10.8. The van der Waals surface area contributed by atoms with Crippen LogP contribution in [0.25, 0.3) is 0 Å². The molecule has 30 heavy (non-hydrogen) atoms. The van der Waals surface area contributed by atoms with Gasteiger partial charge in [-0.15, -0.1) is 6.58 Å². The highest BCUT2D eigenvalue weighted by atomic mass is 19.1. The minimum absolute atomic E-state index is 0.00870. The van der Waals surface area contributed by atoms with Crippen molar-refractivity contribution in [3.8, 4) is 0 Å². The molecule has 1 saturated heterocycles. The van der Waals surface area contributed by atoms with Gasteiger partial charge in [0.05, 0.1) is 11.7 Å². The fourth-order valence-electron chi connectivity index (χ4n) is 5.46. The molecule has 2 aliphatic rings. The average molecular weight is 415 g/mol. The summed E-state index contributed by atoms with van der Waals surface area (Å²) in [5.41, 5.74) is 1.86. The number of Topliss-reactive ketones (excluding diaryl/α,β-unsaturated/α-hetero) is 1. The maximum absolute atomic E-state index is 13.8. The second kappa shape index (κ2) is 9.30. The molecule has 2 atom stereocenters. The Morgan fingerprint density at radius 1 is 1.23 bits per heavy atom. The van der Waals surface area contributed by atoms with Gasteiger partial charge in [-0.25, -0.2) is 4.98 Å². The number of hydrogen-bond donors (Lipinski definition) is 0. The lowest BCUT2D eigenvalue weighted by Crippen LogP contribution is -2.46. The lowest BCUT2D eigenvalue weighted by molar-refractivity contribution is -0.134. The van der Waals surface area contributed by atoms with Crippen LogP contribution >= 0.6 is 0 Å². The lowest BCUT2D eigenvalue weighted by atomic mass is 9.64. The molecule has 2 heterocycles. The third kappa shape index (κ3) is 5.19. The first-order valence-corrected chi connectivity index (χ1v) is 11.7. The highest BCUT2D eigenvalue weighted by molar-refractivity contribution is 5.85. The van der Waals surface area contributed by atoms with E-state index in [-0.39, 0.29) is 22.8 Å². The maximum atomic E-state index is 13.8. The van der Waals surface area contributed by atoms with Gasteiger partial charge in [0, 0.05) is 11.8 Å². The van der Waals surface area contributed by atoms with Crippen molar-refractivity contribution >= 4 is 5.78 Å². The fourth-order valence-corrected chi connectivity index (χ4v) is 5.46. The summed E-state index contributed by atoms with van der Waals surface area (Å²) >= 11 is 0. The van der Waals surface area contributed by atoms with E-state index in [9.17, 15) is 9.18 Å². The Labute approximate surface area is 182 Å². The second-order valence-electron chi connectivity index (χ2n) is 10.8. The summed E-state index contributed by atoms with van der Waals surface area (Å²) in [4.78, 5) is 20.1. The van der Waals surface area contributed by atoms with Crippen LogP contribution in [0.5, 0.6) is 0 Å². The number of allylic oxidation sites excluding steroid dienone is 1. The van der Waals surface area contributed by atoms with E-state index in [1.54, 1.807) is 0 Å². The van der Waals surface area contributed by atoms with Crippen molar-refractivity contribution in [2.24, 2.45) is 16.7 Å². The molecule has 0 saturated carbocycles. The number of halogens is 1. The van der Waals surface area contributed by atoms with Gasteiger partial charge in [-0.3, -0.25) is 9.69 Å². The van der Waals surface area contributed by atoms with Crippen molar-refractivity contribution in [1.82, 2.24) is 9.88 Å². The van der Waals surface area contributed by atoms with Crippen LogP contribution in [0.1, 0.15) is 89.9 Å². The number of ketones is 1. The van der Waals surface area contributed by atoms with Gasteiger partial charge in [0.1, 0.15) is 5.78 Å². The number of likely N-dealkylation sites (tertiary alicyclic amines) is 1. The zero-order valence-corrected chi connectivity index (χ0v) is 19.3. The molecular formula is C26H39FN2O. The third-order valence-corrected chi connectivity index (χ3v) is 7.28. The molecule has 0 spiro atoms. The summed E-state index contributed by atoms with van der Waals surface area (Å²) in [7, 11) is 0. The zero-order chi connectivity index (χ0) is 21.9. The Bertz CT molecular complexity index is 761. The molecule has 1 fully saturated rings. The number of aromatic nitrogens is 1. The molecule has 3 rings (SSSR count). The minimum atomic E-state index is -0.375. The highest BCUT2D eigenvalue weighted by Gasteiger charge is 2.43. The first-order valence-electron chi connectivity index (χ1n) is 11.7. The van der Waals surface area contributed by atoms with Gasteiger partial charge in [-0.05, 0) is 81.0 Å². The van der Waals surface area contributed by atoms with E-state index in [1.165, 1.54) is 11.6 Å². The number of aryl methyl sites for hydroxylation is 1. The number of piperidine rings is 1. The summed E-state index contributed by atoms with van der Waals surface area (Å²) in [6.07, 6.45) is 9.54. The van der Waals surface area contributed by atoms with E-state index < -0.39 is 0 Å². The predicted octanol–water partition coefficient (Wildman–Crippen LogP) is 6.29. The fraction of sp³-hybridized carbons (Fsp3) is 0.692.